The van der Waals surface area contributed by atoms with Crippen molar-refractivity contribution in [3.05, 3.63) is 60.2 Å². The third-order valence-electron chi connectivity index (χ3n) is 4.70. The van der Waals surface area contributed by atoms with Gasteiger partial charge in [-0.2, -0.15) is 0 Å². The number of hydrogen-bond acceptors (Lipinski definition) is 3. The van der Waals surface area contributed by atoms with Crippen LogP contribution in [0.25, 0.3) is 21.5 Å². The van der Waals surface area contributed by atoms with Crippen LogP contribution >= 0.6 is 0 Å². The topological polar surface area (TPSA) is 27.7 Å². The summed E-state index contributed by atoms with van der Waals surface area (Å²) in [6, 6.07) is 20.4. The summed E-state index contributed by atoms with van der Waals surface area (Å²) in [4.78, 5) is 0. The van der Waals surface area contributed by atoms with E-state index < -0.39 is 8.80 Å². The molecular weight excluding hydrogens is 316 g/mol. The second kappa shape index (κ2) is 7.45. The smallest absolute Gasteiger partial charge is 0.377 e. The lowest BCUT2D eigenvalue weighted by molar-refractivity contribution is 0.123. The van der Waals surface area contributed by atoms with E-state index in [1.807, 2.05) is 0 Å². The molecule has 0 amide bonds. The molecule has 0 fully saturated rings. The summed E-state index contributed by atoms with van der Waals surface area (Å²) in [6.07, 6.45) is 1.97. The van der Waals surface area contributed by atoms with Gasteiger partial charge < -0.3 is 13.3 Å². The molecule has 0 aliphatic carbocycles. The minimum absolute atomic E-state index is 0.820. The predicted octanol–water partition coefficient (Wildman–Crippen LogP) is 4.80. The van der Waals surface area contributed by atoms with Gasteiger partial charge in [0.15, 0.2) is 0 Å². The Morgan fingerprint density at radius 2 is 1.38 bits per heavy atom. The molecule has 0 N–H and O–H groups in total. The van der Waals surface area contributed by atoms with Crippen molar-refractivity contribution in [3.8, 4) is 0 Å². The van der Waals surface area contributed by atoms with Crippen LogP contribution in [0.5, 0.6) is 0 Å². The summed E-state index contributed by atoms with van der Waals surface area (Å²) in [7, 11) is 2.53. The third kappa shape index (κ3) is 3.37. The number of aryl methyl sites for hydroxylation is 1. The minimum atomic E-state index is -2.48. The Morgan fingerprint density at radius 3 is 2.04 bits per heavy atom. The van der Waals surface area contributed by atoms with E-state index in [9.17, 15) is 0 Å². The summed E-state index contributed by atoms with van der Waals surface area (Å²) < 4.78 is 16.5. The number of rotatable bonds is 7. The first-order valence-electron chi connectivity index (χ1n) is 8.27. The molecule has 0 heterocycles. The molecule has 0 aliphatic rings. The number of hydrogen-bond donors (Lipinski definition) is 0. The molecule has 3 aromatic rings. The first-order valence-corrected chi connectivity index (χ1v) is 10.2. The Kier molecular flexibility index (Phi) is 5.31. The van der Waals surface area contributed by atoms with E-state index in [0.717, 1.165) is 18.9 Å². The highest BCUT2D eigenvalue weighted by Gasteiger charge is 2.36. The Bertz CT molecular complexity index is 819. The zero-order chi connectivity index (χ0) is 17.0. The molecule has 0 saturated carbocycles. The van der Waals surface area contributed by atoms with Crippen LogP contribution < -0.4 is 0 Å². The van der Waals surface area contributed by atoms with Crippen LogP contribution in [0.3, 0.4) is 0 Å². The molecule has 0 radical (unpaired) electrons. The molecule has 3 nitrogen and oxygen atoms in total. The van der Waals surface area contributed by atoms with Gasteiger partial charge in [0.05, 0.1) is 0 Å². The van der Waals surface area contributed by atoms with Crippen molar-refractivity contribution in [2.24, 2.45) is 0 Å². The molecule has 3 aromatic carbocycles. The second-order valence-corrected chi connectivity index (χ2v) is 9.08. The van der Waals surface area contributed by atoms with Crippen LogP contribution in [-0.4, -0.2) is 30.1 Å². The van der Waals surface area contributed by atoms with Gasteiger partial charge in [0.1, 0.15) is 0 Å². The maximum Gasteiger partial charge on any atom is 0.500 e. The number of benzene rings is 3. The van der Waals surface area contributed by atoms with E-state index in [0.29, 0.717) is 0 Å². The van der Waals surface area contributed by atoms with Crippen LogP contribution in [0.15, 0.2) is 54.6 Å². The van der Waals surface area contributed by atoms with Crippen LogP contribution in [0.1, 0.15) is 12.0 Å². The molecule has 0 bridgehead atoms. The standard InChI is InChI=1S/C20H24O3Si/c1-21-24(22-2,23-3)13-7-12-16-10-6-11-19-14-17-8-4-5-9-18(17)15-20(16)19/h4-6,8-11,14-15H,7,12-13H2,1-3H3. The normalized spacial score (nSPS) is 12.1. The van der Waals surface area contributed by atoms with Crippen LogP contribution in [-0.2, 0) is 19.7 Å². The highest BCUT2D eigenvalue weighted by molar-refractivity contribution is 6.60. The molecule has 0 aliphatic heterocycles. The molecule has 3 rings (SSSR count). The predicted molar refractivity (Wildman–Crippen MR) is 101 cm³/mol. The zero-order valence-electron chi connectivity index (χ0n) is 14.5. The lowest BCUT2D eigenvalue weighted by Gasteiger charge is -2.24. The van der Waals surface area contributed by atoms with E-state index in [4.69, 9.17) is 13.3 Å². The first kappa shape index (κ1) is 17.1. The van der Waals surface area contributed by atoms with E-state index in [2.05, 4.69) is 54.6 Å². The molecule has 0 spiro atoms. The van der Waals surface area contributed by atoms with E-state index in [1.165, 1.54) is 27.1 Å². The van der Waals surface area contributed by atoms with Gasteiger partial charge in [-0.1, -0.05) is 42.5 Å². The molecule has 0 atom stereocenters. The van der Waals surface area contributed by atoms with Gasteiger partial charge in [0.2, 0.25) is 0 Å². The van der Waals surface area contributed by atoms with Crippen molar-refractivity contribution in [3.63, 3.8) is 0 Å². The molecule has 0 unspecified atom stereocenters. The SMILES string of the molecule is CO[Si](CCCc1cccc2cc3ccccc3cc12)(OC)OC. The van der Waals surface area contributed by atoms with Gasteiger partial charge >= 0.3 is 8.80 Å². The summed E-state index contributed by atoms with van der Waals surface area (Å²) in [6.45, 7) is 0. The zero-order valence-corrected chi connectivity index (χ0v) is 15.5. The Hall–Kier alpha value is -1.72. The summed E-state index contributed by atoms with van der Waals surface area (Å²) in [5.41, 5.74) is 1.37. The third-order valence-corrected chi connectivity index (χ3v) is 7.53. The first-order chi connectivity index (χ1) is 11.7. The van der Waals surface area contributed by atoms with Gasteiger partial charge in [-0.15, -0.1) is 0 Å². The van der Waals surface area contributed by atoms with Crippen molar-refractivity contribution >= 4 is 30.3 Å². The molecule has 24 heavy (non-hydrogen) atoms. The van der Waals surface area contributed by atoms with Crippen LogP contribution in [0, 0.1) is 0 Å². The molecule has 126 valence electrons. The average Bonchev–Trinajstić information content (AvgIpc) is 2.64. The van der Waals surface area contributed by atoms with E-state index >= 15 is 0 Å². The van der Waals surface area contributed by atoms with E-state index in [-0.39, 0.29) is 0 Å². The van der Waals surface area contributed by atoms with E-state index in [1.54, 1.807) is 21.3 Å². The van der Waals surface area contributed by atoms with Gasteiger partial charge in [-0.05, 0) is 52.1 Å². The summed E-state index contributed by atoms with van der Waals surface area (Å²) >= 11 is 0. The van der Waals surface area contributed by atoms with Crippen molar-refractivity contribution in [1.82, 2.24) is 0 Å². The molecule has 0 saturated heterocycles. The summed E-state index contributed by atoms with van der Waals surface area (Å²) in [5, 5.41) is 5.19. The molecule has 0 aromatic heterocycles. The van der Waals surface area contributed by atoms with Gasteiger partial charge in [0, 0.05) is 27.4 Å². The highest BCUT2D eigenvalue weighted by atomic mass is 28.4. The quantitative estimate of drug-likeness (QED) is 0.456. The maximum atomic E-state index is 5.51. The van der Waals surface area contributed by atoms with Crippen molar-refractivity contribution < 1.29 is 13.3 Å². The van der Waals surface area contributed by atoms with Crippen molar-refractivity contribution in [2.45, 2.75) is 18.9 Å². The molecule has 4 heteroatoms. The number of fused-ring (bicyclic) bond motifs is 2. The summed E-state index contributed by atoms with van der Waals surface area (Å²) in [5.74, 6) is 0. The second-order valence-electron chi connectivity index (χ2n) is 5.99. The maximum absolute atomic E-state index is 5.51. The lowest BCUT2D eigenvalue weighted by atomic mass is 9.97. The van der Waals surface area contributed by atoms with Gasteiger partial charge in [-0.25, -0.2) is 0 Å². The Morgan fingerprint density at radius 1 is 0.750 bits per heavy atom. The Balaban J connectivity index is 1.85. The lowest BCUT2D eigenvalue weighted by Crippen LogP contribution is -2.42. The largest absolute Gasteiger partial charge is 0.500 e. The monoisotopic (exact) mass is 340 g/mol. The fraction of sp³-hybridized carbons (Fsp3) is 0.300. The van der Waals surface area contributed by atoms with Crippen LogP contribution in [0.4, 0.5) is 0 Å². The van der Waals surface area contributed by atoms with Crippen molar-refractivity contribution in [2.75, 3.05) is 21.3 Å². The van der Waals surface area contributed by atoms with Gasteiger partial charge in [0.25, 0.3) is 0 Å². The highest BCUT2D eigenvalue weighted by Crippen LogP contribution is 2.27. The van der Waals surface area contributed by atoms with Crippen LogP contribution in [0.2, 0.25) is 6.04 Å². The minimum Gasteiger partial charge on any atom is -0.377 e. The van der Waals surface area contributed by atoms with Gasteiger partial charge in [-0.3, -0.25) is 0 Å². The molecular formula is C20H24O3Si. The average molecular weight is 340 g/mol. The van der Waals surface area contributed by atoms with Crippen molar-refractivity contribution in [1.29, 1.82) is 0 Å². The fourth-order valence-electron chi connectivity index (χ4n) is 3.30. The Labute approximate surface area is 144 Å². The fourth-order valence-corrected chi connectivity index (χ4v) is 5.02.